The van der Waals surface area contributed by atoms with E-state index >= 15 is 0 Å². The van der Waals surface area contributed by atoms with Gasteiger partial charge in [0.1, 0.15) is 30.1 Å². The zero-order valence-corrected chi connectivity index (χ0v) is 48.4. The molecule has 1 aliphatic carbocycles. The van der Waals surface area contributed by atoms with Gasteiger partial charge in [0.15, 0.2) is 5.78 Å². The predicted molar refractivity (Wildman–Crippen MR) is 301 cm³/mol. The number of methoxy groups -OCH3 is 2. The van der Waals surface area contributed by atoms with E-state index in [4.69, 9.17) is 28.4 Å². The molecule has 1 aromatic rings. The molecule has 15 heteroatoms. The Hall–Kier alpha value is -4.45. The maximum atomic E-state index is 14.7. The molecule has 2 heterocycles. The summed E-state index contributed by atoms with van der Waals surface area (Å²) >= 11 is 0. The zero-order chi connectivity index (χ0) is 57.5. The van der Waals surface area contributed by atoms with Gasteiger partial charge in [0, 0.05) is 64.6 Å². The lowest BCUT2D eigenvalue weighted by atomic mass is 9.78. The summed E-state index contributed by atoms with van der Waals surface area (Å²) in [5, 5.41) is 32.9. The zero-order valence-electron chi connectivity index (χ0n) is 48.4. The number of carbonyl (C=O) groups is 5. The number of aliphatic hydroxyl groups is 3. The summed E-state index contributed by atoms with van der Waals surface area (Å²) in [7, 11) is 3.02. The minimum Gasteiger partial charge on any atom is -0.460 e. The van der Waals surface area contributed by atoms with Crippen molar-refractivity contribution >= 4 is 29.2 Å². The van der Waals surface area contributed by atoms with E-state index in [0.717, 1.165) is 24.0 Å². The molecule has 1 amide bonds. The highest BCUT2D eigenvalue weighted by atomic mass is 16.6. The Labute approximate surface area is 465 Å². The van der Waals surface area contributed by atoms with Gasteiger partial charge in [-0.25, -0.2) is 4.79 Å². The maximum absolute atomic E-state index is 14.7. The highest BCUT2D eigenvalue weighted by molar-refractivity contribution is 6.39. The Morgan fingerprint density at radius 2 is 1.64 bits per heavy atom. The number of benzene rings is 1. The Kier molecular flexibility index (Phi) is 28.2. The maximum Gasteiger partial charge on any atom is 0.329 e. The standard InChI is InChI=1S/C63H95NO14/c1-12-14-16-22-42(4)54(76-34-30-48-23-17-15-18-24-48)39-50-28-26-47(9)63(72,78-50)60(69)61(70)64-31-20-19-25-51(64)62(71)77-55(44(6)37-49-27-29-53(56(38-49)73-10)75-33-21-32-65)40-52(66)43(5)36-46(8)58(68)59(74-11)57(67)45(7)35-41(3)13-2/h12-18,22-24,36,41,43-45,47,49-51,53-56,58-59,65,68,72H,1-2,19-21,25-35,37-40H2,3-11H3/b16-14+,42-22+,46-36+/t41-,43+,44+,45+,47+,49-,50-,51?,53+,54?,55-,56+,58+,59-,63+/m0/s1. The van der Waals surface area contributed by atoms with Crippen molar-refractivity contribution < 1.29 is 67.7 Å². The summed E-state index contributed by atoms with van der Waals surface area (Å²) in [6.07, 6.45) is 12.7. The SMILES string of the molecule is C=C/C=C/C=C(\C)C(C[C@@H]1CC[C@@H](C)[C@](O)(C(=O)C(=O)N2CCCCC2C(=O)O[C@@H](CC(=O)[C@H](C)/C=C(\C)[C@@H](O)[C@@H](OC)C(=O)[C@H](C)C[C@@H](C)C=C)[C@H](C)C[C@@H]2CC[C@@H](OCCCO)[C@H](OC)C2)O1)OCCc1ccccc1. The Morgan fingerprint density at radius 3 is 2.31 bits per heavy atom. The van der Waals surface area contributed by atoms with E-state index in [1.54, 1.807) is 53.0 Å². The van der Waals surface area contributed by atoms with Crippen molar-refractivity contribution in [1.82, 2.24) is 4.90 Å². The number of carbonyl (C=O) groups excluding carboxylic acids is 5. The molecule has 0 radical (unpaired) electrons. The van der Waals surface area contributed by atoms with Gasteiger partial charge in [-0.1, -0.05) is 108 Å². The molecule has 4 rings (SSSR count). The summed E-state index contributed by atoms with van der Waals surface area (Å²) in [6, 6.07) is 8.82. The summed E-state index contributed by atoms with van der Waals surface area (Å²) < 4.78 is 36.6. The average Bonchev–Trinajstić information content (AvgIpc) is 3.46. The fraction of sp³-hybridized carbons (Fsp3) is 0.667. The third kappa shape index (κ3) is 19.4. The summed E-state index contributed by atoms with van der Waals surface area (Å²) in [6.45, 7) is 21.2. The molecular formula is C63H95NO14. The van der Waals surface area contributed by atoms with Gasteiger partial charge in [0.25, 0.3) is 11.7 Å². The highest BCUT2D eigenvalue weighted by Gasteiger charge is 2.53. The number of amides is 1. The van der Waals surface area contributed by atoms with Crippen LogP contribution >= 0.6 is 0 Å². The molecule has 1 saturated carbocycles. The third-order valence-corrected chi connectivity index (χ3v) is 16.3. The van der Waals surface area contributed by atoms with Crippen LogP contribution in [0.1, 0.15) is 138 Å². The van der Waals surface area contributed by atoms with Gasteiger partial charge in [0.2, 0.25) is 5.79 Å². The van der Waals surface area contributed by atoms with Crippen LogP contribution in [0.5, 0.6) is 0 Å². The van der Waals surface area contributed by atoms with E-state index in [0.29, 0.717) is 83.0 Å². The van der Waals surface area contributed by atoms with Crippen molar-refractivity contribution in [3.05, 3.63) is 96.7 Å². The molecule has 0 aromatic heterocycles. The van der Waals surface area contributed by atoms with Crippen molar-refractivity contribution in [3.63, 3.8) is 0 Å². The lowest BCUT2D eigenvalue weighted by Crippen LogP contribution is -2.61. The molecule has 0 spiro atoms. The van der Waals surface area contributed by atoms with E-state index in [9.17, 15) is 39.3 Å². The second kappa shape index (κ2) is 33.3. The van der Waals surface area contributed by atoms with Crippen LogP contribution in [-0.2, 0) is 58.8 Å². The van der Waals surface area contributed by atoms with Crippen molar-refractivity contribution in [2.45, 2.75) is 193 Å². The number of hydrogen-bond donors (Lipinski definition) is 3. The molecule has 78 heavy (non-hydrogen) atoms. The third-order valence-electron chi connectivity index (χ3n) is 16.3. The Bertz CT molecular complexity index is 2170. The largest absolute Gasteiger partial charge is 0.460 e. The first kappa shape index (κ1) is 66.1. The van der Waals surface area contributed by atoms with Crippen LogP contribution in [-0.4, -0.2) is 145 Å². The number of likely N-dealkylation sites (tertiary alicyclic amines) is 1. The first-order valence-corrected chi connectivity index (χ1v) is 28.6. The summed E-state index contributed by atoms with van der Waals surface area (Å²) in [4.78, 5) is 72.7. The van der Waals surface area contributed by atoms with E-state index < -0.39 is 77.8 Å². The normalized spacial score (nSPS) is 26.4. The Morgan fingerprint density at radius 1 is 0.910 bits per heavy atom. The molecule has 0 bridgehead atoms. The average molecular weight is 1090 g/mol. The number of aliphatic hydroxyl groups excluding tert-OH is 2. The number of hydrogen-bond acceptors (Lipinski definition) is 14. The number of nitrogens with zero attached hydrogens (tertiary/aromatic N) is 1. The van der Waals surface area contributed by atoms with Gasteiger partial charge in [-0.15, -0.1) is 6.58 Å². The minimum atomic E-state index is -2.47. The van der Waals surface area contributed by atoms with E-state index in [2.05, 4.69) is 13.2 Å². The monoisotopic (exact) mass is 1090 g/mol. The quantitative estimate of drug-likeness (QED) is 0.0198. The first-order valence-electron chi connectivity index (χ1n) is 28.6. The Balaban J connectivity index is 1.56. The highest BCUT2D eigenvalue weighted by Crippen LogP contribution is 2.38. The predicted octanol–water partition coefficient (Wildman–Crippen LogP) is 9.00. The summed E-state index contributed by atoms with van der Waals surface area (Å²) in [5.41, 5.74) is 2.41. The van der Waals surface area contributed by atoms with Crippen molar-refractivity contribution in [2.24, 2.45) is 35.5 Å². The van der Waals surface area contributed by atoms with Gasteiger partial charge < -0.3 is 48.6 Å². The molecule has 2 aliphatic heterocycles. The topological polar surface area (TPSA) is 205 Å². The second-order valence-corrected chi connectivity index (χ2v) is 22.5. The van der Waals surface area contributed by atoms with Gasteiger partial charge in [-0.05, 0) is 125 Å². The van der Waals surface area contributed by atoms with Crippen LogP contribution < -0.4 is 0 Å². The number of rotatable bonds is 33. The molecule has 436 valence electrons. The minimum absolute atomic E-state index is 0.0282. The molecule has 15 atom stereocenters. The van der Waals surface area contributed by atoms with E-state index in [-0.39, 0.29) is 67.5 Å². The van der Waals surface area contributed by atoms with E-state index in [1.165, 1.54) is 12.0 Å². The lowest BCUT2D eigenvalue weighted by molar-refractivity contribution is -0.266. The van der Waals surface area contributed by atoms with Gasteiger partial charge >= 0.3 is 5.97 Å². The number of Topliss-reactive ketones (excluding diaryl/α,β-unsaturated/α-hetero) is 3. The van der Waals surface area contributed by atoms with Gasteiger partial charge in [-0.2, -0.15) is 0 Å². The number of esters is 1. The number of allylic oxidation sites excluding steroid dienone is 6. The summed E-state index contributed by atoms with van der Waals surface area (Å²) in [5.74, 6) is -7.99. The van der Waals surface area contributed by atoms with E-state index in [1.807, 2.05) is 69.3 Å². The molecule has 15 nitrogen and oxygen atoms in total. The van der Waals surface area contributed by atoms with Crippen LogP contribution in [0.3, 0.4) is 0 Å². The van der Waals surface area contributed by atoms with Crippen LogP contribution in [0.15, 0.2) is 91.1 Å². The second-order valence-electron chi connectivity index (χ2n) is 22.5. The molecule has 1 aromatic carbocycles. The fourth-order valence-electron chi connectivity index (χ4n) is 11.2. The van der Waals surface area contributed by atoms with Crippen LogP contribution in [0.25, 0.3) is 0 Å². The van der Waals surface area contributed by atoms with Crippen LogP contribution in [0.2, 0.25) is 0 Å². The van der Waals surface area contributed by atoms with Gasteiger partial charge in [0.05, 0.1) is 31.0 Å². The molecular weight excluding hydrogens is 995 g/mol. The molecule has 2 unspecified atom stereocenters. The molecule has 3 N–H and O–H groups in total. The van der Waals surface area contributed by atoms with Crippen molar-refractivity contribution in [1.29, 1.82) is 0 Å². The number of piperidine rings is 1. The van der Waals surface area contributed by atoms with Crippen LogP contribution in [0.4, 0.5) is 0 Å². The molecule has 2 saturated heterocycles. The fourth-order valence-corrected chi connectivity index (χ4v) is 11.2. The smallest absolute Gasteiger partial charge is 0.329 e. The molecule has 3 fully saturated rings. The van der Waals surface area contributed by atoms with Crippen LogP contribution in [0, 0.1) is 35.5 Å². The van der Waals surface area contributed by atoms with Crippen molar-refractivity contribution in [3.8, 4) is 0 Å². The molecule has 3 aliphatic rings. The van der Waals surface area contributed by atoms with Gasteiger partial charge in [-0.3, -0.25) is 19.2 Å². The first-order chi connectivity index (χ1) is 37.2. The number of ketones is 3. The number of ether oxygens (including phenoxy) is 6. The lowest BCUT2D eigenvalue weighted by Gasteiger charge is -2.43. The van der Waals surface area contributed by atoms with Crippen molar-refractivity contribution in [2.75, 3.05) is 40.6 Å².